The minimum Gasteiger partial charge on any atom is -0.456 e. The van der Waals surface area contributed by atoms with Crippen LogP contribution >= 0.6 is 0 Å². The summed E-state index contributed by atoms with van der Waals surface area (Å²) in [5, 5.41) is 0. The molecule has 3 unspecified atom stereocenters. The first kappa shape index (κ1) is 34.6. The quantitative estimate of drug-likeness (QED) is 0.0896. The summed E-state index contributed by atoms with van der Waals surface area (Å²) in [4.78, 5) is 4.73. The fraction of sp³-hybridized carbons (Fsp3) is 0.703. The van der Waals surface area contributed by atoms with Gasteiger partial charge in [-0.25, -0.2) is 0 Å². The van der Waals surface area contributed by atoms with Crippen LogP contribution in [0, 0.1) is 5.92 Å². The lowest BCUT2D eigenvalue weighted by Gasteiger charge is -2.15. The fourth-order valence-electron chi connectivity index (χ4n) is 5.69. The molecule has 1 aliphatic heterocycles. The summed E-state index contributed by atoms with van der Waals surface area (Å²) < 4.78 is 18.2. The van der Waals surface area contributed by atoms with E-state index < -0.39 is 0 Å². The van der Waals surface area contributed by atoms with Crippen molar-refractivity contribution in [2.45, 2.75) is 148 Å². The van der Waals surface area contributed by atoms with Gasteiger partial charge in [0, 0.05) is 30.7 Å². The molecule has 0 fully saturated rings. The Bertz CT molecular complexity index is 966. The Kier molecular flexibility index (Phi) is 17.3. The average molecular weight is 594 g/mol. The Morgan fingerprint density at radius 1 is 0.714 bits per heavy atom. The molecule has 0 amide bonds. The van der Waals surface area contributed by atoms with Gasteiger partial charge in [0.2, 0.25) is 5.91 Å². The van der Waals surface area contributed by atoms with E-state index in [1.54, 1.807) is 0 Å². The molecule has 0 spiro atoms. The number of fused-ring (bicyclic) bond motifs is 1. The summed E-state index contributed by atoms with van der Waals surface area (Å²) >= 11 is 0. The molecule has 2 heterocycles. The zero-order valence-electron chi connectivity index (χ0n) is 27.3. The largest absolute Gasteiger partial charge is 0.456 e. The Labute approximate surface area is 260 Å². The van der Waals surface area contributed by atoms with Crippen molar-refractivity contribution in [3.05, 3.63) is 42.2 Å². The Morgan fingerprint density at radius 3 is 2.10 bits per heavy atom. The third-order valence-corrected chi connectivity index (χ3v) is 9.85. The number of ether oxygens (including phenoxy) is 3. The molecule has 4 nitrogen and oxygen atoms in total. The number of rotatable bonds is 24. The highest BCUT2D eigenvalue weighted by Crippen LogP contribution is 2.38. The second-order valence-corrected chi connectivity index (χ2v) is 14.3. The van der Waals surface area contributed by atoms with Gasteiger partial charge in [-0.3, -0.25) is 4.98 Å². The van der Waals surface area contributed by atoms with Crippen LogP contribution in [0.15, 0.2) is 36.5 Å². The van der Waals surface area contributed by atoms with Crippen LogP contribution in [0.2, 0.25) is 5.54 Å². The molecular weight excluding hydrogens is 534 g/mol. The molecule has 2 aromatic rings. The zero-order valence-corrected chi connectivity index (χ0v) is 28.3. The van der Waals surface area contributed by atoms with Gasteiger partial charge >= 0.3 is 0 Å². The minimum atomic E-state index is -0.143. The monoisotopic (exact) mass is 593 g/mol. The predicted octanol–water partition coefficient (Wildman–Crippen LogP) is 10.8. The molecule has 0 N–H and O–H groups in total. The Hall–Kier alpha value is -1.85. The third kappa shape index (κ3) is 13.6. The first-order valence-electron chi connectivity index (χ1n) is 17.4. The van der Waals surface area contributed by atoms with Crippen LogP contribution in [-0.2, 0) is 11.2 Å². The van der Waals surface area contributed by atoms with E-state index in [0.29, 0.717) is 15.1 Å². The van der Waals surface area contributed by atoms with Gasteiger partial charge in [-0.2, -0.15) is 0 Å². The van der Waals surface area contributed by atoms with Gasteiger partial charge in [-0.1, -0.05) is 123 Å². The molecule has 0 saturated heterocycles. The van der Waals surface area contributed by atoms with Gasteiger partial charge < -0.3 is 14.2 Å². The van der Waals surface area contributed by atoms with Crippen LogP contribution < -0.4 is 9.47 Å². The van der Waals surface area contributed by atoms with E-state index >= 15 is 0 Å². The SMILES string of the molecule is CCCCCCOCCCCc1ccc(-c2ccc3c(c2)OC([Si]C(C)CCCCCCC(C)CCCCC)O3)cn1. The van der Waals surface area contributed by atoms with Crippen LogP contribution in [-0.4, -0.2) is 33.6 Å². The molecule has 5 heteroatoms. The number of aromatic nitrogens is 1. The maximum atomic E-state index is 6.25. The van der Waals surface area contributed by atoms with Crippen molar-refractivity contribution in [3.63, 3.8) is 0 Å². The highest BCUT2D eigenvalue weighted by Gasteiger charge is 2.27. The van der Waals surface area contributed by atoms with Crippen molar-refractivity contribution in [2.75, 3.05) is 13.2 Å². The molecule has 2 radical (unpaired) electrons. The van der Waals surface area contributed by atoms with Gasteiger partial charge in [0.15, 0.2) is 21.0 Å². The first-order valence-corrected chi connectivity index (χ1v) is 18.5. The number of hydrogen-bond acceptors (Lipinski definition) is 4. The number of benzene rings is 1. The minimum absolute atomic E-state index is 0.143. The van der Waals surface area contributed by atoms with E-state index in [2.05, 4.69) is 58.0 Å². The lowest BCUT2D eigenvalue weighted by atomic mass is 9.96. The number of pyridine rings is 1. The summed E-state index contributed by atoms with van der Waals surface area (Å²) in [5.41, 5.74) is 4.03. The van der Waals surface area contributed by atoms with E-state index in [4.69, 9.17) is 19.2 Å². The summed E-state index contributed by atoms with van der Waals surface area (Å²) in [6.07, 6.45) is 23.9. The predicted molar refractivity (Wildman–Crippen MR) is 179 cm³/mol. The van der Waals surface area contributed by atoms with Gasteiger partial charge in [0.25, 0.3) is 0 Å². The number of nitrogens with zero attached hydrogens (tertiary/aromatic N) is 1. The third-order valence-electron chi connectivity index (χ3n) is 8.49. The molecule has 3 rings (SSSR count). The van der Waals surface area contributed by atoms with Crippen LogP contribution in [0.25, 0.3) is 11.1 Å². The van der Waals surface area contributed by atoms with E-state index in [1.165, 1.54) is 89.9 Å². The van der Waals surface area contributed by atoms with Crippen LogP contribution in [0.5, 0.6) is 11.5 Å². The molecular formula is C37H59NO3Si. The van der Waals surface area contributed by atoms with Crippen LogP contribution in [0.3, 0.4) is 0 Å². The molecule has 42 heavy (non-hydrogen) atoms. The normalized spacial score (nSPS) is 15.7. The van der Waals surface area contributed by atoms with E-state index in [0.717, 1.165) is 66.7 Å². The van der Waals surface area contributed by atoms with Crippen molar-refractivity contribution in [2.24, 2.45) is 5.92 Å². The molecule has 1 aromatic heterocycles. The molecule has 0 aliphatic carbocycles. The van der Waals surface area contributed by atoms with E-state index in [9.17, 15) is 0 Å². The summed E-state index contributed by atoms with van der Waals surface area (Å²) in [5.74, 6) is 2.49. The standard InChI is InChI=1S/C37H59NO3Si/c1-5-7-9-16-26-39-27-17-15-21-34-24-22-33(29-38-34)32-23-25-35-36(28-32)41-37(40-35)42-31(4)20-14-11-10-13-19-30(3)18-12-8-6-2/h22-25,28-31,37H,5-21,26-27H2,1-4H3. The maximum Gasteiger partial charge on any atom is 0.215 e. The topological polar surface area (TPSA) is 40.6 Å². The second kappa shape index (κ2) is 20.9. The molecule has 1 aliphatic rings. The van der Waals surface area contributed by atoms with Crippen LogP contribution in [0.1, 0.15) is 136 Å². The summed E-state index contributed by atoms with van der Waals surface area (Å²) in [7, 11) is 0.658. The first-order chi connectivity index (χ1) is 20.6. The molecule has 234 valence electrons. The van der Waals surface area contributed by atoms with Crippen molar-refractivity contribution in [1.29, 1.82) is 0 Å². The second-order valence-electron chi connectivity index (χ2n) is 12.6. The number of unbranched alkanes of at least 4 members (excludes halogenated alkanes) is 9. The Morgan fingerprint density at radius 2 is 1.36 bits per heavy atom. The van der Waals surface area contributed by atoms with Crippen molar-refractivity contribution >= 4 is 9.52 Å². The fourth-order valence-corrected chi connectivity index (χ4v) is 6.91. The summed E-state index contributed by atoms with van der Waals surface area (Å²) in [6.45, 7) is 11.1. The molecule has 3 atom stereocenters. The lowest BCUT2D eigenvalue weighted by molar-refractivity contribution is 0.122. The van der Waals surface area contributed by atoms with Crippen molar-refractivity contribution < 1.29 is 14.2 Å². The number of hydrogen-bond donors (Lipinski definition) is 0. The zero-order chi connectivity index (χ0) is 29.8. The highest BCUT2D eigenvalue weighted by atomic mass is 28.2. The van der Waals surface area contributed by atoms with E-state index in [-0.39, 0.29) is 5.91 Å². The summed E-state index contributed by atoms with van der Waals surface area (Å²) in [6, 6.07) is 10.6. The molecule has 1 aromatic carbocycles. The maximum absolute atomic E-state index is 6.25. The smallest absolute Gasteiger partial charge is 0.215 e. The van der Waals surface area contributed by atoms with Crippen molar-refractivity contribution in [3.8, 4) is 22.6 Å². The number of aryl methyl sites for hydroxylation is 1. The highest BCUT2D eigenvalue weighted by molar-refractivity contribution is 6.38. The van der Waals surface area contributed by atoms with Crippen LogP contribution in [0.4, 0.5) is 0 Å². The van der Waals surface area contributed by atoms with E-state index in [1.807, 2.05) is 6.20 Å². The lowest BCUT2D eigenvalue weighted by Crippen LogP contribution is -2.28. The van der Waals surface area contributed by atoms with Gasteiger partial charge in [-0.15, -0.1) is 0 Å². The van der Waals surface area contributed by atoms with Gasteiger partial charge in [-0.05, 0) is 60.9 Å². The molecule has 0 saturated carbocycles. The average Bonchev–Trinajstić information content (AvgIpc) is 3.40. The van der Waals surface area contributed by atoms with Crippen molar-refractivity contribution in [1.82, 2.24) is 4.98 Å². The Balaban J connectivity index is 1.29. The van der Waals surface area contributed by atoms with Gasteiger partial charge in [0.1, 0.15) is 0 Å². The van der Waals surface area contributed by atoms with Gasteiger partial charge in [0.05, 0.1) is 0 Å². The molecule has 0 bridgehead atoms.